The zero-order valence-corrected chi connectivity index (χ0v) is 11.8. The molecule has 0 aliphatic heterocycles. The molecule has 0 radical (unpaired) electrons. The van der Waals surface area contributed by atoms with Gasteiger partial charge in [-0.2, -0.15) is 0 Å². The Bertz CT molecular complexity index is 470. The summed E-state index contributed by atoms with van der Waals surface area (Å²) in [7, 11) is 1.41. The molecule has 1 fully saturated rings. The zero-order chi connectivity index (χ0) is 14.0. The molecule has 1 aliphatic carbocycles. The highest BCUT2D eigenvalue weighted by atomic mass is 19.1. The molecule has 3 atom stereocenters. The third-order valence-electron chi connectivity index (χ3n) is 4.40. The minimum Gasteiger partial charge on any atom is -0.494 e. The lowest BCUT2D eigenvalue weighted by Crippen LogP contribution is -2.26. The van der Waals surface area contributed by atoms with E-state index in [1.54, 1.807) is 6.07 Å². The van der Waals surface area contributed by atoms with Gasteiger partial charge in [-0.15, -0.1) is 0 Å². The Morgan fingerprint density at radius 1 is 1.26 bits per heavy atom. The van der Waals surface area contributed by atoms with Gasteiger partial charge in [-0.25, -0.2) is 4.39 Å². The van der Waals surface area contributed by atoms with E-state index in [2.05, 4.69) is 13.8 Å². The number of Topliss-reactive ketones (excluding diaryl/α,β-unsaturated/α-hetero) is 1. The average molecular weight is 264 g/mol. The van der Waals surface area contributed by atoms with E-state index >= 15 is 0 Å². The van der Waals surface area contributed by atoms with Crippen molar-refractivity contribution in [2.24, 2.45) is 17.8 Å². The first-order valence-corrected chi connectivity index (χ1v) is 6.90. The van der Waals surface area contributed by atoms with E-state index in [4.69, 9.17) is 4.74 Å². The summed E-state index contributed by atoms with van der Waals surface area (Å²) in [5.74, 6) is 1.17. The van der Waals surface area contributed by atoms with E-state index in [1.807, 2.05) is 0 Å². The molecule has 0 heterocycles. The first-order valence-electron chi connectivity index (χ1n) is 6.90. The Balaban J connectivity index is 2.15. The normalized spacial score (nSPS) is 27.1. The molecule has 0 saturated heterocycles. The number of carbonyl (C=O) groups excluding carboxylic acids is 1. The third-order valence-corrected chi connectivity index (χ3v) is 4.40. The predicted octanol–water partition coefficient (Wildman–Crippen LogP) is 4.09. The molecule has 0 amide bonds. The van der Waals surface area contributed by atoms with E-state index < -0.39 is 5.82 Å². The lowest BCUT2D eigenvalue weighted by Gasteiger charge is -2.31. The molecule has 0 spiro atoms. The van der Waals surface area contributed by atoms with Crippen LogP contribution in [0.25, 0.3) is 0 Å². The highest BCUT2D eigenvalue weighted by molar-refractivity contribution is 5.98. The number of halogens is 1. The molecule has 0 bridgehead atoms. The molecule has 1 saturated carbocycles. The van der Waals surface area contributed by atoms with Crippen LogP contribution in [0.3, 0.4) is 0 Å². The van der Waals surface area contributed by atoms with E-state index in [9.17, 15) is 9.18 Å². The van der Waals surface area contributed by atoms with Crippen LogP contribution >= 0.6 is 0 Å². The Hall–Kier alpha value is -1.38. The van der Waals surface area contributed by atoms with E-state index in [1.165, 1.54) is 19.2 Å². The van der Waals surface area contributed by atoms with Crippen molar-refractivity contribution in [3.8, 4) is 5.75 Å². The van der Waals surface area contributed by atoms with Crippen LogP contribution < -0.4 is 4.74 Å². The van der Waals surface area contributed by atoms with Crippen LogP contribution in [0.2, 0.25) is 0 Å². The van der Waals surface area contributed by atoms with Crippen LogP contribution in [0.1, 0.15) is 43.5 Å². The minimum atomic E-state index is -0.426. The maximum absolute atomic E-state index is 13.4. The van der Waals surface area contributed by atoms with Crippen LogP contribution in [-0.2, 0) is 0 Å². The topological polar surface area (TPSA) is 26.3 Å². The van der Waals surface area contributed by atoms with E-state index in [0.717, 1.165) is 19.3 Å². The molecule has 0 aromatic heterocycles. The summed E-state index contributed by atoms with van der Waals surface area (Å²) in [5.41, 5.74) is 0.560. The van der Waals surface area contributed by atoms with Gasteiger partial charge in [0.15, 0.2) is 17.3 Å². The maximum Gasteiger partial charge on any atom is 0.166 e. The van der Waals surface area contributed by atoms with Crippen LogP contribution in [0.4, 0.5) is 4.39 Å². The standard InChI is InChI=1S/C16H21FO2/c1-10-4-5-12(8-11(10)2)16(18)13-6-7-14(17)15(9-13)19-3/h6-7,9-12H,4-5,8H2,1-3H3. The largest absolute Gasteiger partial charge is 0.494 e. The molecule has 2 nitrogen and oxygen atoms in total. The van der Waals surface area contributed by atoms with Crippen molar-refractivity contribution in [2.75, 3.05) is 7.11 Å². The predicted molar refractivity (Wildman–Crippen MR) is 73.0 cm³/mol. The second kappa shape index (κ2) is 5.72. The highest BCUT2D eigenvalue weighted by Gasteiger charge is 2.29. The molecule has 1 aromatic carbocycles. The van der Waals surface area contributed by atoms with Gasteiger partial charge in [0.2, 0.25) is 0 Å². The SMILES string of the molecule is COc1cc(C(=O)C2CCC(C)C(C)C2)ccc1F. The van der Waals surface area contributed by atoms with Gasteiger partial charge < -0.3 is 4.74 Å². The van der Waals surface area contributed by atoms with Gasteiger partial charge in [0.05, 0.1) is 7.11 Å². The van der Waals surface area contributed by atoms with Crippen LogP contribution in [0.15, 0.2) is 18.2 Å². The van der Waals surface area contributed by atoms with Gasteiger partial charge in [0.1, 0.15) is 0 Å². The lowest BCUT2D eigenvalue weighted by molar-refractivity contribution is 0.0837. The molecule has 3 heteroatoms. The molecule has 2 rings (SSSR count). The molecule has 3 unspecified atom stereocenters. The van der Waals surface area contributed by atoms with Crippen molar-refractivity contribution in [2.45, 2.75) is 33.1 Å². The Labute approximate surface area is 114 Å². The molecular formula is C16H21FO2. The molecule has 104 valence electrons. The number of ether oxygens (including phenoxy) is 1. The van der Waals surface area contributed by atoms with Gasteiger partial charge in [-0.05, 0) is 49.3 Å². The monoisotopic (exact) mass is 264 g/mol. The number of hydrogen-bond donors (Lipinski definition) is 0. The number of carbonyl (C=O) groups is 1. The number of hydrogen-bond acceptors (Lipinski definition) is 2. The fourth-order valence-corrected chi connectivity index (χ4v) is 2.83. The molecule has 1 aromatic rings. The fourth-order valence-electron chi connectivity index (χ4n) is 2.83. The fraction of sp³-hybridized carbons (Fsp3) is 0.562. The second-order valence-electron chi connectivity index (χ2n) is 5.68. The zero-order valence-electron chi connectivity index (χ0n) is 11.8. The quantitative estimate of drug-likeness (QED) is 0.769. The van der Waals surface area contributed by atoms with E-state index in [0.29, 0.717) is 17.4 Å². The molecule has 1 aliphatic rings. The van der Waals surface area contributed by atoms with Gasteiger partial charge >= 0.3 is 0 Å². The molecular weight excluding hydrogens is 243 g/mol. The first-order chi connectivity index (χ1) is 9.02. The minimum absolute atomic E-state index is 0.0707. The summed E-state index contributed by atoms with van der Waals surface area (Å²) in [6.45, 7) is 4.45. The molecule has 0 N–H and O–H groups in total. The van der Waals surface area contributed by atoms with Crippen LogP contribution in [0.5, 0.6) is 5.75 Å². The first kappa shape index (κ1) is 14.0. The summed E-state index contributed by atoms with van der Waals surface area (Å²) in [6.07, 6.45) is 2.96. The van der Waals surface area contributed by atoms with Crippen molar-refractivity contribution >= 4 is 5.78 Å². The lowest BCUT2D eigenvalue weighted by atomic mass is 9.73. The van der Waals surface area contributed by atoms with Crippen molar-refractivity contribution in [3.05, 3.63) is 29.6 Å². The van der Waals surface area contributed by atoms with Crippen LogP contribution in [0, 0.1) is 23.6 Å². The Morgan fingerprint density at radius 3 is 2.63 bits per heavy atom. The van der Waals surface area contributed by atoms with Gasteiger partial charge in [0, 0.05) is 11.5 Å². The second-order valence-corrected chi connectivity index (χ2v) is 5.68. The summed E-state index contributed by atoms with van der Waals surface area (Å²) < 4.78 is 18.3. The highest BCUT2D eigenvalue weighted by Crippen LogP contribution is 2.35. The van der Waals surface area contributed by atoms with Crippen molar-refractivity contribution in [3.63, 3.8) is 0 Å². The summed E-state index contributed by atoms with van der Waals surface area (Å²) >= 11 is 0. The third kappa shape index (κ3) is 2.96. The smallest absolute Gasteiger partial charge is 0.166 e. The number of rotatable bonds is 3. The van der Waals surface area contributed by atoms with Gasteiger partial charge in [-0.3, -0.25) is 4.79 Å². The summed E-state index contributed by atoms with van der Waals surface area (Å²) in [5, 5.41) is 0. The van der Waals surface area contributed by atoms with Crippen LogP contribution in [-0.4, -0.2) is 12.9 Å². The Kier molecular flexibility index (Phi) is 4.23. The van der Waals surface area contributed by atoms with Gasteiger partial charge in [-0.1, -0.05) is 13.8 Å². The number of benzene rings is 1. The number of methoxy groups -OCH3 is 1. The Morgan fingerprint density at radius 2 is 2.00 bits per heavy atom. The molecule has 19 heavy (non-hydrogen) atoms. The summed E-state index contributed by atoms with van der Waals surface area (Å²) in [6, 6.07) is 4.38. The number of ketones is 1. The van der Waals surface area contributed by atoms with E-state index in [-0.39, 0.29) is 17.5 Å². The maximum atomic E-state index is 13.4. The summed E-state index contributed by atoms with van der Waals surface area (Å²) in [4.78, 5) is 12.5. The van der Waals surface area contributed by atoms with Crippen molar-refractivity contribution in [1.82, 2.24) is 0 Å². The van der Waals surface area contributed by atoms with Crippen molar-refractivity contribution in [1.29, 1.82) is 0 Å². The van der Waals surface area contributed by atoms with Crippen molar-refractivity contribution < 1.29 is 13.9 Å². The van der Waals surface area contributed by atoms with Gasteiger partial charge in [0.25, 0.3) is 0 Å². The average Bonchev–Trinajstić information content (AvgIpc) is 2.41.